The number of thiophene rings is 1. The zero-order chi connectivity index (χ0) is 20.9. The highest BCUT2D eigenvalue weighted by atomic mass is 32.1. The van der Waals surface area contributed by atoms with E-state index < -0.39 is 0 Å². The van der Waals surface area contributed by atoms with E-state index >= 15 is 0 Å². The molecule has 0 saturated heterocycles. The van der Waals surface area contributed by atoms with Gasteiger partial charge in [0.2, 0.25) is 0 Å². The Labute approximate surface area is 180 Å². The quantitative estimate of drug-likeness (QED) is 0.418. The second kappa shape index (κ2) is 9.22. The minimum Gasteiger partial charge on any atom is -0.340 e. The van der Waals surface area contributed by atoms with Gasteiger partial charge in [0.1, 0.15) is 5.52 Å². The summed E-state index contributed by atoms with van der Waals surface area (Å²) in [6, 6.07) is 18.1. The second-order valence-electron chi connectivity index (χ2n) is 7.38. The van der Waals surface area contributed by atoms with Gasteiger partial charge in [-0.2, -0.15) is 0 Å². The van der Waals surface area contributed by atoms with Gasteiger partial charge in [-0.3, -0.25) is 4.79 Å². The van der Waals surface area contributed by atoms with Gasteiger partial charge >= 0.3 is 0 Å². The summed E-state index contributed by atoms with van der Waals surface area (Å²) in [7, 11) is 0. The highest BCUT2D eigenvalue weighted by molar-refractivity contribution is 7.10. The molecule has 1 atom stereocenters. The van der Waals surface area contributed by atoms with Crippen molar-refractivity contribution in [1.29, 1.82) is 0 Å². The lowest BCUT2D eigenvalue weighted by Crippen LogP contribution is -2.28. The molecule has 4 aromatic rings. The molecule has 0 aliphatic rings. The predicted molar refractivity (Wildman–Crippen MR) is 122 cm³/mol. The average Bonchev–Trinajstić information content (AvgIpc) is 3.45. The van der Waals surface area contributed by atoms with E-state index in [-0.39, 0.29) is 11.9 Å². The SMILES string of the molecule is CCCCc1ccc(C(NC(=O)c2ccc3c(c2)nnn3CC)c2cccs2)cc1. The van der Waals surface area contributed by atoms with E-state index in [0.29, 0.717) is 5.56 Å². The fraction of sp³-hybridized carbons (Fsp3) is 0.292. The van der Waals surface area contributed by atoms with Crippen LogP contribution in [-0.4, -0.2) is 20.9 Å². The number of aryl methyl sites for hydroxylation is 2. The lowest BCUT2D eigenvalue weighted by Gasteiger charge is -2.19. The van der Waals surface area contributed by atoms with Gasteiger partial charge in [0.05, 0.1) is 11.6 Å². The molecule has 30 heavy (non-hydrogen) atoms. The first-order valence-corrected chi connectivity index (χ1v) is 11.3. The first kappa shape index (κ1) is 20.3. The molecule has 0 radical (unpaired) electrons. The number of amides is 1. The summed E-state index contributed by atoms with van der Waals surface area (Å²) in [5.41, 5.74) is 4.68. The summed E-state index contributed by atoms with van der Waals surface area (Å²) in [5, 5.41) is 13.6. The van der Waals surface area contributed by atoms with Gasteiger partial charge in [-0.15, -0.1) is 16.4 Å². The van der Waals surface area contributed by atoms with Crippen LogP contribution < -0.4 is 5.32 Å². The van der Waals surface area contributed by atoms with Crippen LogP contribution in [0.1, 0.15) is 59.1 Å². The van der Waals surface area contributed by atoms with E-state index in [1.165, 1.54) is 18.4 Å². The molecule has 0 saturated carbocycles. The summed E-state index contributed by atoms with van der Waals surface area (Å²) < 4.78 is 1.82. The molecule has 0 spiro atoms. The molecular weight excluding hydrogens is 392 g/mol. The standard InChI is InChI=1S/C24H26N4OS/c1-3-5-7-17-9-11-18(12-10-17)23(22-8-6-15-30-22)25-24(29)19-13-14-21-20(16-19)26-27-28(21)4-2/h6,8-16,23H,3-5,7H2,1-2H3,(H,25,29). The molecule has 5 nitrogen and oxygen atoms in total. The molecule has 0 bridgehead atoms. The predicted octanol–water partition coefficient (Wildman–Crippen LogP) is 5.37. The Morgan fingerprint density at radius 3 is 2.67 bits per heavy atom. The van der Waals surface area contributed by atoms with Crippen molar-refractivity contribution in [3.8, 4) is 0 Å². The van der Waals surface area contributed by atoms with Crippen molar-refractivity contribution in [2.45, 2.75) is 45.7 Å². The van der Waals surface area contributed by atoms with Gasteiger partial charge in [0.15, 0.2) is 0 Å². The monoisotopic (exact) mass is 418 g/mol. The molecule has 2 aromatic carbocycles. The molecule has 1 N–H and O–H groups in total. The summed E-state index contributed by atoms with van der Waals surface area (Å²) in [5.74, 6) is -0.114. The first-order chi connectivity index (χ1) is 14.7. The van der Waals surface area contributed by atoms with Crippen molar-refractivity contribution in [2.75, 3.05) is 0 Å². The van der Waals surface area contributed by atoms with Gasteiger partial charge in [0, 0.05) is 17.0 Å². The third-order valence-electron chi connectivity index (χ3n) is 5.31. The van der Waals surface area contributed by atoms with Crippen LogP contribution in [0.3, 0.4) is 0 Å². The van der Waals surface area contributed by atoms with Crippen LogP contribution >= 0.6 is 11.3 Å². The lowest BCUT2D eigenvalue weighted by atomic mass is 10.0. The van der Waals surface area contributed by atoms with E-state index in [0.717, 1.165) is 34.4 Å². The number of nitrogens with zero attached hydrogens (tertiary/aromatic N) is 3. The number of fused-ring (bicyclic) bond motifs is 1. The molecule has 0 aliphatic carbocycles. The molecular formula is C24H26N4OS. The van der Waals surface area contributed by atoms with Crippen molar-refractivity contribution in [3.63, 3.8) is 0 Å². The highest BCUT2D eigenvalue weighted by Crippen LogP contribution is 2.27. The van der Waals surface area contributed by atoms with Crippen LogP contribution in [0.2, 0.25) is 0 Å². The van der Waals surface area contributed by atoms with Crippen molar-refractivity contribution in [2.24, 2.45) is 0 Å². The number of benzene rings is 2. The first-order valence-electron chi connectivity index (χ1n) is 10.5. The Morgan fingerprint density at radius 1 is 1.13 bits per heavy atom. The third kappa shape index (κ3) is 4.28. The van der Waals surface area contributed by atoms with Gasteiger partial charge in [-0.1, -0.05) is 48.9 Å². The lowest BCUT2D eigenvalue weighted by molar-refractivity contribution is 0.0943. The molecule has 154 valence electrons. The van der Waals surface area contributed by atoms with Crippen molar-refractivity contribution < 1.29 is 4.79 Å². The van der Waals surface area contributed by atoms with E-state index in [1.54, 1.807) is 11.3 Å². The summed E-state index contributed by atoms with van der Waals surface area (Å²) in [6.45, 7) is 4.97. The third-order valence-corrected chi connectivity index (χ3v) is 6.25. The zero-order valence-electron chi connectivity index (χ0n) is 17.3. The Morgan fingerprint density at radius 2 is 1.97 bits per heavy atom. The highest BCUT2D eigenvalue weighted by Gasteiger charge is 2.19. The largest absolute Gasteiger partial charge is 0.340 e. The van der Waals surface area contributed by atoms with Gasteiger partial charge < -0.3 is 5.32 Å². The van der Waals surface area contributed by atoms with Crippen molar-refractivity contribution in [3.05, 3.63) is 81.5 Å². The smallest absolute Gasteiger partial charge is 0.252 e. The van der Waals surface area contributed by atoms with Gasteiger partial charge in [0.25, 0.3) is 5.91 Å². The van der Waals surface area contributed by atoms with Crippen LogP contribution in [0.5, 0.6) is 0 Å². The van der Waals surface area contributed by atoms with Crippen LogP contribution in [0.25, 0.3) is 11.0 Å². The molecule has 1 unspecified atom stereocenters. The van der Waals surface area contributed by atoms with Crippen molar-refractivity contribution >= 4 is 28.3 Å². The molecule has 0 fully saturated rings. The topological polar surface area (TPSA) is 59.8 Å². The fourth-order valence-electron chi connectivity index (χ4n) is 3.59. The average molecular weight is 419 g/mol. The zero-order valence-corrected chi connectivity index (χ0v) is 18.2. The van der Waals surface area contributed by atoms with E-state index in [1.807, 2.05) is 41.3 Å². The van der Waals surface area contributed by atoms with Gasteiger partial charge in [-0.05, 0) is 60.5 Å². The molecule has 4 rings (SSSR count). The van der Waals surface area contributed by atoms with Gasteiger partial charge in [-0.25, -0.2) is 4.68 Å². The van der Waals surface area contributed by atoms with E-state index in [4.69, 9.17) is 0 Å². The minimum absolute atomic E-state index is 0.114. The Kier molecular flexibility index (Phi) is 6.23. The van der Waals surface area contributed by atoms with E-state index in [2.05, 4.69) is 52.9 Å². The fourth-order valence-corrected chi connectivity index (χ4v) is 4.40. The van der Waals surface area contributed by atoms with Crippen LogP contribution in [0.15, 0.2) is 60.0 Å². The Hall–Kier alpha value is -2.99. The number of rotatable bonds is 8. The summed E-state index contributed by atoms with van der Waals surface area (Å²) in [4.78, 5) is 14.2. The van der Waals surface area contributed by atoms with Crippen molar-refractivity contribution in [1.82, 2.24) is 20.3 Å². The summed E-state index contributed by atoms with van der Waals surface area (Å²) in [6.07, 6.45) is 3.47. The number of carbonyl (C=O) groups excluding carboxylic acids is 1. The maximum Gasteiger partial charge on any atom is 0.252 e. The number of aromatic nitrogens is 3. The van der Waals surface area contributed by atoms with Crippen LogP contribution in [0, 0.1) is 0 Å². The Bertz CT molecular complexity index is 1120. The Balaban J connectivity index is 1.58. The maximum atomic E-state index is 13.1. The molecule has 2 aromatic heterocycles. The number of nitrogens with one attached hydrogen (secondary N) is 1. The minimum atomic E-state index is -0.181. The molecule has 0 aliphatic heterocycles. The number of hydrogen-bond acceptors (Lipinski definition) is 4. The molecule has 6 heteroatoms. The number of unbranched alkanes of at least 4 members (excludes halogenated alkanes) is 1. The normalized spacial score (nSPS) is 12.2. The molecule has 1 amide bonds. The van der Waals surface area contributed by atoms with Crippen LogP contribution in [0.4, 0.5) is 0 Å². The maximum absolute atomic E-state index is 13.1. The summed E-state index contributed by atoms with van der Waals surface area (Å²) >= 11 is 1.65. The molecule has 2 heterocycles. The van der Waals surface area contributed by atoms with E-state index in [9.17, 15) is 4.79 Å². The number of hydrogen-bond donors (Lipinski definition) is 1. The number of carbonyl (C=O) groups is 1. The second-order valence-corrected chi connectivity index (χ2v) is 8.36. The van der Waals surface area contributed by atoms with Crippen LogP contribution in [-0.2, 0) is 13.0 Å².